The minimum Gasteiger partial charge on any atom is -0.349 e. The molecule has 2 aromatic heterocycles. The van der Waals surface area contributed by atoms with Gasteiger partial charge in [-0.2, -0.15) is 0 Å². The highest BCUT2D eigenvalue weighted by Crippen LogP contribution is 2.15. The Bertz CT molecular complexity index is 996. The zero-order chi connectivity index (χ0) is 18.7. The van der Waals surface area contributed by atoms with Gasteiger partial charge in [-0.25, -0.2) is 4.98 Å². The van der Waals surface area contributed by atoms with Gasteiger partial charge in [0.15, 0.2) is 0 Å². The lowest BCUT2D eigenvalue weighted by atomic mass is 10.1. The normalized spacial score (nSPS) is 12.1. The lowest BCUT2D eigenvalue weighted by Crippen LogP contribution is -2.37. The number of carbonyl (C=O) groups is 1. The summed E-state index contributed by atoms with van der Waals surface area (Å²) >= 11 is 5.94. The van der Waals surface area contributed by atoms with Crippen LogP contribution in [0.2, 0.25) is 5.02 Å². The summed E-state index contributed by atoms with van der Waals surface area (Å²) < 4.78 is 1.53. The molecule has 0 bridgehead atoms. The van der Waals surface area contributed by atoms with Gasteiger partial charge in [0.1, 0.15) is 11.2 Å². The first-order valence-electron chi connectivity index (χ1n) is 8.53. The number of hydrogen-bond donors (Lipinski definition) is 1. The van der Waals surface area contributed by atoms with Crippen molar-refractivity contribution in [1.29, 1.82) is 0 Å². The maximum atomic E-state index is 13.0. The highest BCUT2D eigenvalue weighted by atomic mass is 35.5. The van der Waals surface area contributed by atoms with Crippen LogP contribution in [0.15, 0.2) is 53.5 Å². The van der Waals surface area contributed by atoms with Crippen molar-refractivity contribution in [2.45, 2.75) is 32.9 Å². The molecule has 1 atom stereocenters. The molecule has 0 unspecified atom stereocenters. The monoisotopic (exact) mass is 369 g/mol. The van der Waals surface area contributed by atoms with Crippen LogP contribution in [0.5, 0.6) is 0 Å². The average molecular weight is 370 g/mol. The van der Waals surface area contributed by atoms with Crippen LogP contribution in [0.25, 0.3) is 11.0 Å². The largest absolute Gasteiger partial charge is 0.349 e. The van der Waals surface area contributed by atoms with Crippen molar-refractivity contribution < 1.29 is 4.79 Å². The Balaban J connectivity index is 2.11. The van der Waals surface area contributed by atoms with Crippen molar-refractivity contribution in [2.75, 3.05) is 0 Å². The van der Waals surface area contributed by atoms with Gasteiger partial charge in [-0.05, 0) is 49.2 Å². The Hall–Kier alpha value is -2.66. The first-order chi connectivity index (χ1) is 12.5. The average Bonchev–Trinajstić information content (AvgIpc) is 2.65. The second kappa shape index (κ2) is 7.70. The molecule has 134 valence electrons. The van der Waals surface area contributed by atoms with Crippen LogP contribution in [0.4, 0.5) is 0 Å². The van der Waals surface area contributed by atoms with Gasteiger partial charge in [-0.3, -0.25) is 14.2 Å². The van der Waals surface area contributed by atoms with E-state index in [1.165, 1.54) is 4.57 Å². The number of carbonyl (C=O) groups excluding carboxylic acids is 1. The molecule has 1 aromatic carbocycles. The minimum absolute atomic E-state index is 0.00351. The van der Waals surface area contributed by atoms with Gasteiger partial charge in [0.25, 0.3) is 11.5 Å². The molecule has 0 saturated heterocycles. The van der Waals surface area contributed by atoms with E-state index < -0.39 is 0 Å². The smallest absolute Gasteiger partial charge is 0.265 e. The van der Waals surface area contributed by atoms with E-state index in [2.05, 4.69) is 10.3 Å². The number of aromatic nitrogens is 2. The topological polar surface area (TPSA) is 64.0 Å². The van der Waals surface area contributed by atoms with Crippen LogP contribution in [0.1, 0.15) is 36.2 Å². The molecule has 5 nitrogen and oxygen atoms in total. The standard InChI is InChI=1S/C20H20ClN3O2/c1-3-13(2)23-19(25)17-11-15-5-4-10-22-18(15)24(20(17)26)12-14-6-8-16(21)9-7-14/h4-11,13H,3,12H2,1-2H3,(H,23,25)/t13-/m0/s1. The molecule has 3 aromatic rings. The number of rotatable bonds is 5. The molecule has 0 spiro atoms. The molecular weight excluding hydrogens is 350 g/mol. The molecule has 2 heterocycles. The summed E-state index contributed by atoms with van der Waals surface area (Å²) in [4.78, 5) is 29.9. The number of amides is 1. The summed E-state index contributed by atoms with van der Waals surface area (Å²) in [6.07, 6.45) is 2.43. The minimum atomic E-state index is -0.361. The van der Waals surface area contributed by atoms with Gasteiger partial charge in [0.2, 0.25) is 0 Å². The predicted octanol–water partition coefficient (Wildman–Crippen LogP) is 3.63. The van der Waals surface area contributed by atoms with E-state index in [-0.39, 0.29) is 23.1 Å². The molecule has 26 heavy (non-hydrogen) atoms. The van der Waals surface area contributed by atoms with E-state index in [1.54, 1.807) is 30.5 Å². The summed E-state index contributed by atoms with van der Waals surface area (Å²) in [6, 6.07) is 12.5. The number of halogens is 1. The summed E-state index contributed by atoms with van der Waals surface area (Å²) in [6.45, 7) is 4.20. The Labute approximate surface area is 156 Å². The predicted molar refractivity (Wildman–Crippen MR) is 104 cm³/mol. The van der Waals surface area contributed by atoms with Crippen molar-refractivity contribution in [3.8, 4) is 0 Å². The summed E-state index contributed by atoms with van der Waals surface area (Å²) in [7, 11) is 0. The zero-order valence-electron chi connectivity index (χ0n) is 14.7. The van der Waals surface area contributed by atoms with Gasteiger partial charge >= 0.3 is 0 Å². The van der Waals surface area contributed by atoms with E-state index in [9.17, 15) is 9.59 Å². The Kier molecular flexibility index (Phi) is 5.38. The van der Waals surface area contributed by atoms with Crippen molar-refractivity contribution >= 4 is 28.5 Å². The third kappa shape index (κ3) is 3.78. The number of benzene rings is 1. The fourth-order valence-electron chi connectivity index (χ4n) is 2.69. The van der Waals surface area contributed by atoms with Gasteiger partial charge in [0, 0.05) is 22.6 Å². The molecule has 0 aliphatic carbocycles. The second-order valence-electron chi connectivity index (χ2n) is 6.27. The third-order valence-corrected chi connectivity index (χ3v) is 4.59. The highest BCUT2D eigenvalue weighted by Gasteiger charge is 2.17. The fourth-order valence-corrected chi connectivity index (χ4v) is 2.82. The molecule has 0 fully saturated rings. The molecule has 6 heteroatoms. The zero-order valence-corrected chi connectivity index (χ0v) is 15.5. The Morgan fingerprint density at radius 3 is 2.69 bits per heavy atom. The molecule has 3 rings (SSSR count). The third-order valence-electron chi connectivity index (χ3n) is 4.34. The molecule has 0 aliphatic heterocycles. The van der Waals surface area contributed by atoms with Crippen molar-refractivity contribution in [3.63, 3.8) is 0 Å². The molecule has 0 saturated carbocycles. The lowest BCUT2D eigenvalue weighted by Gasteiger charge is -2.14. The first kappa shape index (κ1) is 18.1. The van der Waals surface area contributed by atoms with Crippen molar-refractivity contribution in [3.05, 3.63) is 75.2 Å². The number of hydrogen-bond acceptors (Lipinski definition) is 3. The van der Waals surface area contributed by atoms with Gasteiger partial charge in [-0.15, -0.1) is 0 Å². The lowest BCUT2D eigenvalue weighted by molar-refractivity contribution is 0.0937. The van der Waals surface area contributed by atoms with Crippen LogP contribution < -0.4 is 10.9 Å². The van der Waals surface area contributed by atoms with E-state index in [4.69, 9.17) is 11.6 Å². The highest BCUT2D eigenvalue weighted by molar-refractivity contribution is 6.30. The van der Waals surface area contributed by atoms with E-state index in [0.717, 1.165) is 17.4 Å². The molecule has 0 radical (unpaired) electrons. The molecular formula is C20H20ClN3O2. The van der Waals surface area contributed by atoms with Crippen LogP contribution in [0, 0.1) is 0 Å². The SMILES string of the molecule is CC[C@H](C)NC(=O)c1cc2cccnc2n(Cc2ccc(Cl)cc2)c1=O. The van der Waals surface area contributed by atoms with Gasteiger partial charge < -0.3 is 5.32 Å². The maximum Gasteiger partial charge on any atom is 0.265 e. The van der Waals surface area contributed by atoms with E-state index in [0.29, 0.717) is 17.2 Å². The summed E-state index contributed by atoms with van der Waals surface area (Å²) in [5, 5.41) is 4.24. The fraction of sp³-hybridized carbons (Fsp3) is 0.250. The number of fused-ring (bicyclic) bond motifs is 1. The van der Waals surface area contributed by atoms with E-state index >= 15 is 0 Å². The Morgan fingerprint density at radius 1 is 1.27 bits per heavy atom. The van der Waals surface area contributed by atoms with Crippen LogP contribution >= 0.6 is 11.6 Å². The maximum absolute atomic E-state index is 13.0. The van der Waals surface area contributed by atoms with Crippen molar-refractivity contribution in [1.82, 2.24) is 14.9 Å². The quantitative estimate of drug-likeness (QED) is 0.747. The van der Waals surface area contributed by atoms with Gasteiger partial charge in [-0.1, -0.05) is 30.7 Å². The molecule has 1 amide bonds. The number of nitrogens with zero attached hydrogens (tertiary/aromatic N) is 2. The Morgan fingerprint density at radius 2 is 2.00 bits per heavy atom. The first-order valence-corrected chi connectivity index (χ1v) is 8.91. The number of pyridine rings is 2. The van der Waals surface area contributed by atoms with Crippen LogP contribution in [-0.4, -0.2) is 21.5 Å². The molecule has 1 N–H and O–H groups in total. The van der Waals surface area contributed by atoms with Crippen LogP contribution in [-0.2, 0) is 6.54 Å². The van der Waals surface area contributed by atoms with Crippen LogP contribution in [0.3, 0.4) is 0 Å². The van der Waals surface area contributed by atoms with E-state index in [1.807, 2.05) is 32.0 Å². The summed E-state index contributed by atoms with van der Waals surface area (Å²) in [5.74, 6) is -0.361. The number of nitrogens with one attached hydrogen (secondary N) is 1. The molecule has 0 aliphatic rings. The second-order valence-corrected chi connectivity index (χ2v) is 6.71. The van der Waals surface area contributed by atoms with Gasteiger partial charge in [0.05, 0.1) is 6.54 Å². The summed E-state index contributed by atoms with van der Waals surface area (Å²) in [5.41, 5.74) is 1.22. The van der Waals surface area contributed by atoms with Crippen molar-refractivity contribution in [2.24, 2.45) is 0 Å².